The van der Waals surface area contributed by atoms with Gasteiger partial charge in [-0.1, -0.05) is 12.1 Å². The lowest BCUT2D eigenvalue weighted by molar-refractivity contribution is -0.384. The summed E-state index contributed by atoms with van der Waals surface area (Å²) in [5, 5.41) is 22.7. The number of nitrogens with zero attached hydrogens (tertiary/aromatic N) is 1. The van der Waals surface area contributed by atoms with Gasteiger partial charge in [-0.05, 0) is 45.2 Å². The Kier molecular flexibility index (Phi) is 5.92. The minimum absolute atomic E-state index is 0.113. The van der Waals surface area contributed by atoms with Crippen molar-refractivity contribution in [3.8, 4) is 0 Å². The van der Waals surface area contributed by atoms with Crippen molar-refractivity contribution in [3.63, 3.8) is 0 Å². The minimum Gasteiger partial charge on any atom is -0.396 e. The molecular formula is C14H22N2O3. The van der Waals surface area contributed by atoms with E-state index >= 15 is 0 Å². The largest absolute Gasteiger partial charge is 0.396 e. The van der Waals surface area contributed by atoms with Crippen LogP contribution in [-0.2, 0) is 5.54 Å². The summed E-state index contributed by atoms with van der Waals surface area (Å²) in [4.78, 5) is 10.2. The number of nitro groups is 1. The number of hydrogen-bond acceptors (Lipinski definition) is 4. The Hall–Kier alpha value is -1.46. The molecule has 2 N–H and O–H groups in total. The van der Waals surface area contributed by atoms with E-state index in [0.717, 1.165) is 31.4 Å². The third kappa shape index (κ3) is 4.96. The van der Waals surface area contributed by atoms with Crippen molar-refractivity contribution in [2.24, 2.45) is 0 Å². The molecule has 0 heterocycles. The molecule has 0 aliphatic heterocycles. The first-order valence-electron chi connectivity index (χ1n) is 6.58. The van der Waals surface area contributed by atoms with E-state index < -0.39 is 0 Å². The molecule has 1 aromatic rings. The van der Waals surface area contributed by atoms with Crippen molar-refractivity contribution >= 4 is 5.69 Å². The van der Waals surface area contributed by atoms with E-state index in [4.69, 9.17) is 5.11 Å². The number of nitrogens with one attached hydrogen (secondary N) is 1. The lowest BCUT2D eigenvalue weighted by atomic mass is 9.94. The molecule has 0 saturated carbocycles. The lowest BCUT2D eigenvalue weighted by Crippen LogP contribution is -2.37. The predicted molar refractivity (Wildman–Crippen MR) is 75.1 cm³/mol. The van der Waals surface area contributed by atoms with Gasteiger partial charge in [0.15, 0.2) is 0 Å². The molecule has 19 heavy (non-hydrogen) atoms. The molecule has 5 nitrogen and oxygen atoms in total. The van der Waals surface area contributed by atoms with Gasteiger partial charge in [0.2, 0.25) is 0 Å². The van der Waals surface area contributed by atoms with Gasteiger partial charge in [0.05, 0.1) is 4.92 Å². The van der Waals surface area contributed by atoms with E-state index in [2.05, 4.69) is 19.2 Å². The average molecular weight is 266 g/mol. The molecule has 0 aromatic heterocycles. The summed E-state index contributed by atoms with van der Waals surface area (Å²) in [5.74, 6) is 0. The molecule has 0 atom stereocenters. The standard InChI is InChI=1S/C14H22N2O3/c1-14(2,15-10-4-3-5-11-17)12-6-8-13(9-7-12)16(18)19/h6-9,15,17H,3-5,10-11H2,1-2H3. The second kappa shape index (κ2) is 7.21. The third-order valence-corrected chi connectivity index (χ3v) is 3.20. The van der Waals surface area contributed by atoms with Crippen LogP contribution >= 0.6 is 0 Å². The Balaban J connectivity index is 2.53. The summed E-state index contributed by atoms with van der Waals surface area (Å²) in [6.07, 6.45) is 2.84. The normalized spacial score (nSPS) is 11.5. The lowest BCUT2D eigenvalue weighted by Gasteiger charge is -2.27. The molecule has 5 heteroatoms. The number of unbranched alkanes of at least 4 members (excludes halogenated alkanes) is 2. The molecule has 0 saturated heterocycles. The summed E-state index contributed by atoms with van der Waals surface area (Å²) in [6.45, 7) is 5.22. The van der Waals surface area contributed by atoms with Crippen molar-refractivity contribution in [2.45, 2.75) is 38.6 Å². The number of hydrogen-bond donors (Lipinski definition) is 2. The quantitative estimate of drug-likeness (QED) is 0.431. The zero-order chi connectivity index (χ0) is 14.3. The monoisotopic (exact) mass is 266 g/mol. The summed E-state index contributed by atoms with van der Waals surface area (Å²) in [6, 6.07) is 6.65. The highest BCUT2D eigenvalue weighted by Crippen LogP contribution is 2.22. The first kappa shape index (κ1) is 15.6. The fraction of sp³-hybridized carbons (Fsp3) is 0.571. The van der Waals surface area contributed by atoms with Crippen molar-refractivity contribution in [3.05, 3.63) is 39.9 Å². The second-order valence-corrected chi connectivity index (χ2v) is 5.14. The predicted octanol–water partition coefficient (Wildman–Crippen LogP) is 2.58. The van der Waals surface area contributed by atoms with E-state index in [1.165, 1.54) is 12.1 Å². The number of non-ortho nitro benzene ring substituents is 1. The second-order valence-electron chi connectivity index (χ2n) is 5.14. The Morgan fingerprint density at radius 3 is 2.37 bits per heavy atom. The highest BCUT2D eigenvalue weighted by Gasteiger charge is 2.20. The van der Waals surface area contributed by atoms with Gasteiger partial charge >= 0.3 is 0 Å². The molecule has 0 aliphatic rings. The third-order valence-electron chi connectivity index (χ3n) is 3.20. The Morgan fingerprint density at radius 1 is 1.21 bits per heavy atom. The maximum atomic E-state index is 10.6. The molecule has 0 radical (unpaired) electrons. The fourth-order valence-electron chi connectivity index (χ4n) is 1.92. The van der Waals surface area contributed by atoms with E-state index in [-0.39, 0.29) is 22.8 Å². The molecule has 0 unspecified atom stereocenters. The molecule has 1 aromatic carbocycles. The SMILES string of the molecule is CC(C)(NCCCCCO)c1ccc([N+](=O)[O-])cc1. The summed E-state index contributed by atoms with van der Waals surface area (Å²) in [7, 11) is 0. The van der Waals surface area contributed by atoms with Crippen LogP contribution in [0.2, 0.25) is 0 Å². The molecular weight excluding hydrogens is 244 g/mol. The first-order chi connectivity index (χ1) is 8.97. The van der Waals surface area contributed by atoms with Crippen LogP contribution in [0, 0.1) is 10.1 Å². The van der Waals surface area contributed by atoms with Gasteiger partial charge in [-0.3, -0.25) is 10.1 Å². The molecule has 0 bridgehead atoms. The van der Waals surface area contributed by atoms with E-state index in [1.807, 2.05) is 0 Å². The fourth-order valence-corrected chi connectivity index (χ4v) is 1.92. The smallest absolute Gasteiger partial charge is 0.269 e. The van der Waals surface area contributed by atoms with Gasteiger partial charge in [-0.2, -0.15) is 0 Å². The van der Waals surface area contributed by atoms with Crippen LogP contribution in [0.4, 0.5) is 5.69 Å². The van der Waals surface area contributed by atoms with Gasteiger partial charge in [-0.25, -0.2) is 0 Å². The summed E-state index contributed by atoms with van der Waals surface area (Å²) >= 11 is 0. The van der Waals surface area contributed by atoms with Crippen LogP contribution in [0.5, 0.6) is 0 Å². The molecule has 106 valence electrons. The zero-order valence-corrected chi connectivity index (χ0v) is 11.6. The molecule has 0 fully saturated rings. The van der Waals surface area contributed by atoms with Crippen LogP contribution < -0.4 is 5.32 Å². The number of rotatable bonds is 8. The van der Waals surface area contributed by atoms with Crippen LogP contribution in [0.15, 0.2) is 24.3 Å². The summed E-state index contributed by atoms with van der Waals surface area (Å²) in [5.41, 5.74) is 0.927. The number of aliphatic hydroxyl groups excluding tert-OH is 1. The number of nitro benzene ring substituents is 1. The first-order valence-corrected chi connectivity index (χ1v) is 6.58. The molecule has 0 amide bonds. The van der Waals surface area contributed by atoms with Gasteiger partial charge in [-0.15, -0.1) is 0 Å². The average Bonchev–Trinajstić information content (AvgIpc) is 2.38. The van der Waals surface area contributed by atoms with Gasteiger partial charge in [0.25, 0.3) is 5.69 Å². The highest BCUT2D eigenvalue weighted by atomic mass is 16.6. The Labute approximate surface area is 113 Å². The van der Waals surface area contributed by atoms with E-state index in [9.17, 15) is 10.1 Å². The molecule has 1 rings (SSSR count). The van der Waals surface area contributed by atoms with E-state index in [0.29, 0.717) is 0 Å². The van der Waals surface area contributed by atoms with Crippen LogP contribution in [0.3, 0.4) is 0 Å². The Morgan fingerprint density at radius 2 is 1.84 bits per heavy atom. The van der Waals surface area contributed by atoms with E-state index in [1.54, 1.807) is 12.1 Å². The Bertz CT molecular complexity index is 402. The van der Waals surface area contributed by atoms with Crippen molar-refractivity contribution < 1.29 is 10.0 Å². The van der Waals surface area contributed by atoms with Crippen LogP contribution in [-0.4, -0.2) is 23.2 Å². The van der Waals surface area contributed by atoms with Crippen LogP contribution in [0.25, 0.3) is 0 Å². The number of aliphatic hydroxyl groups is 1. The maximum Gasteiger partial charge on any atom is 0.269 e. The summed E-state index contributed by atoms with van der Waals surface area (Å²) < 4.78 is 0. The zero-order valence-electron chi connectivity index (χ0n) is 11.6. The van der Waals surface area contributed by atoms with Crippen molar-refractivity contribution in [1.29, 1.82) is 0 Å². The van der Waals surface area contributed by atoms with Gasteiger partial charge in [0.1, 0.15) is 0 Å². The molecule has 0 spiro atoms. The number of benzene rings is 1. The van der Waals surface area contributed by atoms with Gasteiger partial charge in [0, 0.05) is 24.3 Å². The van der Waals surface area contributed by atoms with Gasteiger partial charge < -0.3 is 10.4 Å². The maximum absolute atomic E-state index is 10.6. The molecule has 0 aliphatic carbocycles. The highest BCUT2D eigenvalue weighted by molar-refractivity contribution is 5.35. The van der Waals surface area contributed by atoms with Crippen molar-refractivity contribution in [1.82, 2.24) is 5.32 Å². The minimum atomic E-state index is -0.390. The van der Waals surface area contributed by atoms with Crippen LogP contribution in [0.1, 0.15) is 38.7 Å². The van der Waals surface area contributed by atoms with Crippen molar-refractivity contribution in [2.75, 3.05) is 13.2 Å². The topological polar surface area (TPSA) is 75.4 Å².